The molecule has 0 unspecified atom stereocenters. The third-order valence-electron chi connectivity index (χ3n) is 4.19. The van der Waals surface area contributed by atoms with Gasteiger partial charge in [0.1, 0.15) is 23.0 Å². The Hall–Kier alpha value is -4.05. The molecule has 0 spiro atoms. The summed E-state index contributed by atoms with van der Waals surface area (Å²) in [4.78, 5) is 12.8. The molecule has 4 rings (SSSR count). The first kappa shape index (κ1) is 18.3. The minimum Gasteiger partial charge on any atom is -0.457 e. The van der Waals surface area contributed by atoms with Crippen LogP contribution in [-0.2, 0) is 0 Å². The van der Waals surface area contributed by atoms with Crippen LogP contribution >= 0.6 is 0 Å². The van der Waals surface area contributed by atoms with Gasteiger partial charge in [-0.3, -0.25) is 4.79 Å². The second-order valence-electron chi connectivity index (χ2n) is 6.30. The van der Waals surface area contributed by atoms with Crippen LogP contribution in [0, 0.1) is 0 Å². The number of nitrogens with one attached hydrogen (secondary N) is 1. The highest BCUT2D eigenvalue weighted by Gasteiger charge is 2.13. The molecule has 0 aliphatic rings. The number of ether oxygens (including phenoxy) is 2. The van der Waals surface area contributed by atoms with Crippen molar-refractivity contribution in [3.8, 4) is 23.0 Å². The molecule has 1 amide bonds. The quantitative estimate of drug-likeness (QED) is 0.413. The Morgan fingerprint density at radius 3 is 1.72 bits per heavy atom. The second kappa shape index (κ2) is 8.76. The van der Waals surface area contributed by atoms with Crippen LogP contribution in [0.1, 0.15) is 10.4 Å². The van der Waals surface area contributed by atoms with Crippen molar-refractivity contribution < 1.29 is 14.3 Å². The van der Waals surface area contributed by atoms with E-state index in [1.807, 2.05) is 84.9 Å². The van der Waals surface area contributed by atoms with E-state index in [0.717, 1.165) is 5.75 Å². The molecule has 0 heterocycles. The minimum atomic E-state index is -0.242. The first-order chi connectivity index (χ1) is 14.3. The van der Waals surface area contributed by atoms with Crippen molar-refractivity contribution >= 4 is 11.6 Å². The number of hydrogen-bond acceptors (Lipinski definition) is 3. The third kappa shape index (κ3) is 4.82. The van der Waals surface area contributed by atoms with Gasteiger partial charge < -0.3 is 14.8 Å². The fourth-order valence-electron chi connectivity index (χ4n) is 2.79. The second-order valence-corrected chi connectivity index (χ2v) is 6.30. The molecule has 0 fully saturated rings. The van der Waals surface area contributed by atoms with Crippen molar-refractivity contribution in [2.24, 2.45) is 0 Å². The molecular formula is C25H19NO3. The fraction of sp³-hybridized carbons (Fsp3) is 0. The van der Waals surface area contributed by atoms with Gasteiger partial charge >= 0.3 is 0 Å². The van der Waals surface area contributed by atoms with Crippen LogP contribution in [0.3, 0.4) is 0 Å². The molecule has 0 saturated carbocycles. The molecule has 4 aromatic rings. The number of carbonyl (C=O) groups is 1. The summed E-state index contributed by atoms with van der Waals surface area (Å²) in [6.45, 7) is 0. The Balaban J connectivity index is 1.46. The van der Waals surface area contributed by atoms with Crippen LogP contribution in [0.4, 0.5) is 5.69 Å². The largest absolute Gasteiger partial charge is 0.457 e. The van der Waals surface area contributed by atoms with Crippen molar-refractivity contribution in [1.82, 2.24) is 0 Å². The molecule has 0 bridgehead atoms. The number of benzene rings is 4. The lowest BCUT2D eigenvalue weighted by Crippen LogP contribution is -2.12. The summed E-state index contributed by atoms with van der Waals surface area (Å²) >= 11 is 0. The predicted octanol–water partition coefficient (Wildman–Crippen LogP) is 6.52. The minimum absolute atomic E-state index is 0.242. The summed E-state index contributed by atoms with van der Waals surface area (Å²) in [5.41, 5.74) is 1.13. The molecule has 0 radical (unpaired) electrons. The van der Waals surface area contributed by atoms with Gasteiger partial charge in [-0.1, -0.05) is 48.5 Å². The monoisotopic (exact) mass is 381 g/mol. The van der Waals surface area contributed by atoms with Gasteiger partial charge in [0.25, 0.3) is 5.91 Å². The highest BCUT2D eigenvalue weighted by molar-refractivity contribution is 6.06. The zero-order valence-corrected chi connectivity index (χ0v) is 15.6. The van der Waals surface area contributed by atoms with E-state index in [4.69, 9.17) is 9.47 Å². The van der Waals surface area contributed by atoms with E-state index in [2.05, 4.69) is 5.32 Å². The van der Waals surface area contributed by atoms with Gasteiger partial charge in [0, 0.05) is 5.69 Å². The first-order valence-corrected chi connectivity index (χ1v) is 9.24. The zero-order valence-electron chi connectivity index (χ0n) is 15.6. The molecule has 1 N–H and O–H groups in total. The molecule has 29 heavy (non-hydrogen) atoms. The molecule has 0 aromatic heterocycles. The average Bonchev–Trinajstić information content (AvgIpc) is 2.77. The predicted molar refractivity (Wildman–Crippen MR) is 114 cm³/mol. The Morgan fingerprint density at radius 2 is 1.07 bits per heavy atom. The van der Waals surface area contributed by atoms with Gasteiger partial charge in [0.05, 0.1) is 5.56 Å². The molecule has 0 saturated heterocycles. The van der Waals surface area contributed by atoms with E-state index in [0.29, 0.717) is 28.5 Å². The lowest BCUT2D eigenvalue weighted by Gasteiger charge is -2.12. The van der Waals surface area contributed by atoms with E-state index in [1.165, 1.54) is 0 Å². The van der Waals surface area contributed by atoms with Crippen molar-refractivity contribution in [3.05, 3.63) is 115 Å². The average molecular weight is 381 g/mol. The number of carbonyl (C=O) groups excluding carboxylic acids is 1. The van der Waals surface area contributed by atoms with E-state index in [1.54, 1.807) is 24.3 Å². The molecule has 4 heteroatoms. The normalized spacial score (nSPS) is 10.2. The van der Waals surface area contributed by atoms with Gasteiger partial charge in [0.2, 0.25) is 0 Å². The van der Waals surface area contributed by atoms with Gasteiger partial charge in [-0.15, -0.1) is 0 Å². The van der Waals surface area contributed by atoms with Crippen LogP contribution in [0.25, 0.3) is 0 Å². The Bertz CT molecular complexity index is 1080. The zero-order chi connectivity index (χ0) is 19.9. The van der Waals surface area contributed by atoms with Crippen molar-refractivity contribution in [3.63, 3.8) is 0 Å². The standard InChI is InChI=1S/C25H19NO3/c27-25(23-13-7-8-14-24(23)29-21-11-5-2-6-12-21)26-19-15-17-22(18-16-19)28-20-9-3-1-4-10-20/h1-18H,(H,26,27). The molecular weight excluding hydrogens is 362 g/mol. The smallest absolute Gasteiger partial charge is 0.259 e. The van der Waals surface area contributed by atoms with Crippen LogP contribution < -0.4 is 14.8 Å². The van der Waals surface area contributed by atoms with Crippen molar-refractivity contribution in [1.29, 1.82) is 0 Å². The van der Waals surface area contributed by atoms with E-state index in [9.17, 15) is 4.79 Å². The maximum atomic E-state index is 12.8. The third-order valence-corrected chi connectivity index (χ3v) is 4.19. The summed E-state index contributed by atoms with van der Waals surface area (Å²) in [5.74, 6) is 2.39. The van der Waals surface area contributed by atoms with E-state index < -0.39 is 0 Å². The van der Waals surface area contributed by atoms with Gasteiger partial charge in [0.15, 0.2) is 0 Å². The molecule has 4 aromatic carbocycles. The van der Waals surface area contributed by atoms with Gasteiger partial charge in [-0.25, -0.2) is 0 Å². The lowest BCUT2D eigenvalue weighted by atomic mass is 10.1. The molecule has 142 valence electrons. The Morgan fingerprint density at radius 1 is 0.552 bits per heavy atom. The summed E-state index contributed by atoms with van der Waals surface area (Å²) in [6.07, 6.45) is 0. The van der Waals surface area contributed by atoms with Crippen LogP contribution in [-0.4, -0.2) is 5.91 Å². The summed E-state index contributed by atoms with van der Waals surface area (Å²) < 4.78 is 11.6. The highest BCUT2D eigenvalue weighted by atomic mass is 16.5. The van der Waals surface area contributed by atoms with Gasteiger partial charge in [-0.2, -0.15) is 0 Å². The lowest BCUT2D eigenvalue weighted by molar-refractivity contribution is 0.102. The van der Waals surface area contributed by atoms with Crippen LogP contribution in [0.5, 0.6) is 23.0 Å². The number of rotatable bonds is 6. The fourth-order valence-corrected chi connectivity index (χ4v) is 2.79. The molecule has 0 atom stereocenters. The van der Waals surface area contributed by atoms with E-state index in [-0.39, 0.29) is 5.91 Å². The number of anilines is 1. The van der Waals surface area contributed by atoms with Crippen LogP contribution in [0.15, 0.2) is 109 Å². The van der Waals surface area contributed by atoms with Crippen LogP contribution in [0.2, 0.25) is 0 Å². The van der Waals surface area contributed by atoms with Crippen molar-refractivity contribution in [2.45, 2.75) is 0 Å². The summed E-state index contributed by atoms with van der Waals surface area (Å²) in [5, 5.41) is 2.90. The molecule has 0 aliphatic heterocycles. The maximum absolute atomic E-state index is 12.8. The molecule has 0 aliphatic carbocycles. The SMILES string of the molecule is O=C(Nc1ccc(Oc2ccccc2)cc1)c1ccccc1Oc1ccccc1. The summed E-state index contributed by atoms with van der Waals surface area (Å²) in [7, 11) is 0. The van der Waals surface area contributed by atoms with Gasteiger partial charge in [-0.05, 0) is 60.7 Å². The van der Waals surface area contributed by atoms with E-state index >= 15 is 0 Å². The Labute approximate surface area is 169 Å². The Kier molecular flexibility index (Phi) is 5.53. The number of para-hydroxylation sites is 3. The highest BCUT2D eigenvalue weighted by Crippen LogP contribution is 2.27. The number of hydrogen-bond donors (Lipinski definition) is 1. The van der Waals surface area contributed by atoms with Crippen molar-refractivity contribution in [2.75, 3.05) is 5.32 Å². The topological polar surface area (TPSA) is 47.6 Å². The first-order valence-electron chi connectivity index (χ1n) is 9.24. The molecule has 4 nitrogen and oxygen atoms in total. The maximum Gasteiger partial charge on any atom is 0.259 e. The summed E-state index contributed by atoms with van der Waals surface area (Å²) in [6, 6.07) is 33.3. The number of amides is 1.